The van der Waals surface area contributed by atoms with Gasteiger partial charge in [0.05, 0.1) is 12.0 Å². The Labute approximate surface area is 90.1 Å². The highest BCUT2D eigenvalue weighted by Gasteiger charge is 2.56. The topological polar surface area (TPSA) is 27.0 Å². The first kappa shape index (κ1) is 8.79. The maximum Gasteiger partial charge on any atom is 0.0663 e. The maximum absolute atomic E-state index is 8.84. The first-order chi connectivity index (χ1) is 7.29. The normalized spacial score (nSPS) is 32.3. The minimum atomic E-state index is 0.353. The van der Waals surface area contributed by atoms with Crippen LogP contribution in [0.4, 0.5) is 5.69 Å². The molecule has 2 atom stereocenters. The van der Waals surface area contributed by atoms with E-state index in [0.717, 1.165) is 13.1 Å². The van der Waals surface area contributed by atoms with E-state index in [-0.39, 0.29) is 0 Å². The number of anilines is 1. The lowest BCUT2D eigenvalue weighted by molar-refractivity contribution is 0.744. The standard InChI is InChI=1S/C13H14N2/c1-9-2-4-10(5-3-9)15-7-12-11(6-14)13(12)8-15/h2-5,11-13H,7-8H2,1H3. The summed E-state index contributed by atoms with van der Waals surface area (Å²) in [4.78, 5) is 2.41. The van der Waals surface area contributed by atoms with Crippen molar-refractivity contribution in [1.29, 1.82) is 5.26 Å². The van der Waals surface area contributed by atoms with Gasteiger partial charge < -0.3 is 4.90 Å². The molecule has 0 radical (unpaired) electrons. The SMILES string of the molecule is Cc1ccc(N2CC3C(C#N)C3C2)cc1. The molecule has 2 heteroatoms. The molecule has 3 rings (SSSR count). The molecule has 0 spiro atoms. The smallest absolute Gasteiger partial charge is 0.0663 e. The van der Waals surface area contributed by atoms with Crippen LogP contribution in [-0.4, -0.2) is 13.1 Å². The molecule has 0 aromatic heterocycles. The second-order valence-electron chi connectivity index (χ2n) is 4.72. The van der Waals surface area contributed by atoms with Crippen LogP contribution >= 0.6 is 0 Å². The quantitative estimate of drug-likeness (QED) is 0.691. The van der Waals surface area contributed by atoms with Crippen molar-refractivity contribution in [3.63, 3.8) is 0 Å². The minimum absolute atomic E-state index is 0.353. The Morgan fingerprint density at radius 1 is 1.20 bits per heavy atom. The Morgan fingerprint density at radius 3 is 2.33 bits per heavy atom. The third-order valence-corrected chi connectivity index (χ3v) is 3.74. The molecule has 2 unspecified atom stereocenters. The summed E-state index contributed by atoms with van der Waals surface area (Å²) in [7, 11) is 0. The molecule has 0 N–H and O–H groups in total. The highest BCUT2D eigenvalue weighted by atomic mass is 15.2. The molecule has 2 nitrogen and oxygen atoms in total. The van der Waals surface area contributed by atoms with E-state index in [2.05, 4.69) is 42.2 Å². The van der Waals surface area contributed by atoms with Crippen molar-refractivity contribution >= 4 is 5.69 Å². The number of hydrogen-bond donors (Lipinski definition) is 0. The fourth-order valence-corrected chi connectivity index (χ4v) is 2.68. The zero-order valence-corrected chi connectivity index (χ0v) is 8.85. The van der Waals surface area contributed by atoms with Gasteiger partial charge in [-0.3, -0.25) is 0 Å². The molecule has 15 heavy (non-hydrogen) atoms. The molecular formula is C13H14N2. The van der Waals surface area contributed by atoms with E-state index in [0.29, 0.717) is 17.8 Å². The molecule has 1 saturated carbocycles. The summed E-state index contributed by atoms with van der Waals surface area (Å²) in [5, 5.41) is 8.84. The lowest BCUT2D eigenvalue weighted by Gasteiger charge is -2.20. The largest absolute Gasteiger partial charge is 0.371 e. The zero-order valence-electron chi connectivity index (χ0n) is 8.85. The van der Waals surface area contributed by atoms with Crippen LogP contribution in [0.3, 0.4) is 0 Å². The van der Waals surface area contributed by atoms with Gasteiger partial charge in [-0.15, -0.1) is 0 Å². The molecule has 1 aliphatic carbocycles. The van der Waals surface area contributed by atoms with Crippen LogP contribution in [0.1, 0.15) is 5.56 Å². The van der Waals surface area contributed by atoms with Gasteiger partial charge in [-0.1, -0.05) is 17.7 Å². The molecule has 76 valence electrons. The van der Waals surface area contributed by atoms with Crippen LogP contribution in [0, 0.1) is 36.0 Å². The predicted octanol–water partition coefficient (Wildman–Crippen LogP) is 2.20. The molecule has 1 heterocycles. The molecule has 1 aromatic rings. The Balaban J connectivity index is 1.73. The van der Waals surface area contributed by atoms with Crippen molar-refractivity contribution in [1.82, 2.24) is 0 Å². The van der Waals surface area contributed by atoms with E-state index >= 15 is 0 Å². The lowest BCUT2D eigenvalue weighted by Crippen LogP contribution is -2.23. The third-order valence-electron chi connectivity index (χ3n) is 3.74. The van der Waals surface area contributed by atoms with E-state index in [9.17, 15) is 0 Å². The summed E-state index contributed by atoms with van der Waals surface area (Å²) in [6.45, 7) is 4.26. The Hall–Kier alpha value is -1.49. The van der Waals surface area contributed by atoms with Crippen LogP contribution in [0.15, 0.2) is 24.3 Å². The molecule has 2 aliphatic rings. The number of benzene rings is 1. The van der Waals surface area contributed by atoms with Gasteiger partial charge in [-0.2, -0.15) is 5.26 Å². The third kappa shape index (κ3) is 1.31. The molecule has 0 bridgehead atoms. The van der Waals surface area contributed by atoms with Crippen molar-refractivity contribution in [3.05, 3.63) is 29.8 Å². The van der Waals surface area contributed by atoms with Gasteiger partial charge in [0.2, 0.25) is 0 Å². The number of nitriles is 1. The lowest BCUT2D eigenvalue weighted by atomic mass is 10.2. The average Bonchev–Trinajstić information content (AvgIpc) is 2.72. The molecule has 0 amide bonds. The van der Waals surface area contributed by atoms with Crippen LogP contribution in [0.2, 0.25) is 0 Å². The fraction of sp³-hybridized carbons (Fsp3) is 0.462. The number of piperidine rings is 1. The molecule has 1 aliphatic heterocycles. The van der Waals surface area contributed by atoms with Crippen LogP contribution in [0.5, 0.6) is 0 Å². The summed E-state index contributed by atoms with van der Waals surface area (Å²) in [6, 6.07) is 11.1. The summed E-state index contributed by atoms with van der Waals surface area (Å²) in [5.74, 6) is 1.65. The molecule has 1 aromatic carbocycles. The van der Waals surface area contributed by atoms with Gasteiger partial charge in [0, 0.05) is 18.8 Å². The van der Waals surface area contributed by atoms with E-state index < -0.39 is 0 Å². The van der Waals surface area contributed by atoms with Gasteiger partial charge in [-0.25, -0.2) is 0 Å². The monoisotopic (exact) mass is 198 g/mol. The van der Waals surface area contributed by atoms with Crippen LogP contribution in [-0.2, 0) is 0 Å². The van der Waals surface area contributed by atoms with Gasteiger partial charge in [0.25, 0.3) is 0 Å². The molecule has 1 saturated heterocycles. The van der Waals surface area contributed by atoms with Crippen molar-refractivity contribution in [3.8, 4) is 6.07 Å². The fourth-order valence-electron chi connectivity index (χ4n) is 2.68. The van der Waals surface area contributed by atoms with Crippen molar-refractivity contribution in [2.75, 3.05) is 18.0 Å². The van der Waals surface area contributed by atoms with Crippen LogP contribution < -0.4 is 4.90 Å². The Morgan fingerprint density at radius 2 is 1.80 bits per heavy atom. The number of aryl methyl sites for hydroxylation is 1. The second-order valence-corrected chi connectivity index (χ2v) is 4.72. The highest BCUT2D eigenvalue weighted by molar-refractivity contribution is 5.50. The summed E-state index contributed by atoms with van der Waals surface area (Å²) in [6.07, 6.45) is 0. The maximum atomic E-state index is 8.84. The summed E-state index contributed by atoms with van der Waals surface area (Å²) >= 11 is 0. The van der Waals surface area contributed by atoms with Gasteiger partial charge in [0.1, 0.15) is 0 Å². The minimum Gasteiger partial charge on any atom is -0.371 e. The van der Waals surface area contributed by atoms with E-state index in [4.69, 9.17) is 5.26 Å². The number of nitrogens with zero attached hydrogens (tertiary/aromatic N) is 2. The van der Waals surface area contributed by atoms with E-state index in [1.165, 1.54) is 11.3 Å². The molecule has 2 fully saturated rings. The molecular weight excluding hydrogens is 184 g/mol. The van der Waals surface area contributed by atoms with Gasteiger partial charge in [0.15, 0.2) is 0 Å². The van der Waals surface area contributed by atoms with Crippen molar-refractivity contribution < 1.29 is 0 Å². The van der Waals surface area contributed by atoms with E-state index in [1.807, 2.05) is 0 Å². The zero-order chi connectivity index (χ0) is 10.4. The Bertz CT molecular complexity index is 403. The summed E-state index contributed by atoms with van der Waals surface area (Å²) in [5.41, 5.74) is 2.61. The van der Waals surface area contributed by atoms with E-state index in [1.54, 1.807) is 0 Å². The van der Waals surface area contributed by atoms with Crippen molar-refractivity contribution in [2.45, 2.75) is 6.92 Å². The first-order valence-electron chi connectivity index (χ1n) is 5.51. The Kier molecular flexibility index (Phi) is 1.76. The summed E-state index contributed by atoms with van der Waals surface area (Å²) < 4.78 is 0. The second kappa shape index (κ2) is 3.00. The van der Waals surface area contributed by atoms with Crippen LogP contribution in [0.25, 0.3) is 0 Å². The number of rotatable bonds is 1. The highest BCUT2D eigenvalue weighted by Crippen LogP contribution is 2.51. The average molecular weight is 198 g/mol. The van der Waals surface area contributed by atoms with Gasteiger partial charge >= 0.3 is 0 Å². The predicted molar refractivity (Wildman–Crippen MR) is 59.5 cm³/mol. The van der Waals surface area contributed by atoms with Crippen molar-refractivity contribution in [2.24, 2.45) is 17.8 Å². The van der Waals surface area contributed by atoms with Gasteiger partial charge in [-0.05, 0) is 30.9 Å². The number of hydrogen-bond acceptors (Lipinski definition) is 2. The number of fused-ring (bicyclic) bond motifs is 1. The first-order valence-corrected chi connectivity index (χ1v) is 5.51.